The van der Waals surface area contributed by atoms with Crippen LogP contribution in [-0.2, 0) is 11.3 Å². The van der Waals surface area contributed by atoms with Gasteiger partial charge in [0, 0.05) is 18.9 Å². The number of aromatic nitrogens is 2. The van der Waals surface area contributed by atoms with E-state index >= 15 is 0 Å². The Kier molecular flexibility index (Phi) is 6.04. The molecule has 0 saturated carbocycles. The van der Waals surface area contributed by atoms with Crippen molar-refractivity contribution in [3.8, 4) is 17.2 Å². The van der Waals surface area contributed by atoms with Crippen LogP contribution in [0.3, 0.4) is 0 Å². The molecule has 0 radical (unpaired) electrons. The zero-order chi connectivity index (χ0) is 19.1. The Balaban J connectivity index is 1.53. The quantitative estimate of drug-likeness (QED) is 0.663. The first-order valence-corrected chi connectivity index (χ1v) is 8.55. The molecule has 1 aromatic heterocycles. The molecule has 3 aromatic rings. The van der Waals surface area contributed by atoms with E-state index in [1.807, 2.05) is 13.0 Å². The van der Waals surface area contributed by atoms with Gasteiger partial charge in [0.15, 0.2) is 18.1 Å². The fourth-order valence-corrected chi connectivity index (χ4v) is 2.51. The third-order valence-corrected chi connectivity index (χ3v) is 3.79. The number of carbonyl (C=O) groups excluding carboxylic acids is 1. The molecular weight excluding hydrogens is 349 g/mol. The van der Waals surface area contributed by atoms with Crippen molar-refractivity contribution in [2.75, 3.05) is 13.2 Å². The lowest BCUT2D eigenvalue weighted by Gasteiger charge is -2.12. The number of nitrogens with one attached hydrogen (secondary N) is 1. The summed E-state index contributed by atoms with van der Waals surface area (Å²) in [6.07, 6.45) is 4.77. The lowest BCUT2D eigenvalue weighted by molar-refractivity contribution is -0.123. The predicted molar refractivity (Wildman–Crippen MR) is 98.5 cm³/mol. The molecule has 1 amide bonds. The van der Waals surface area contributed by atoms with Crippen molar-refractivity contribution >= 4 is 5.91 Å². The van der Waals surface area contributed by atoms with Gasteiger partial charge in [0.2, 0.25) is 0 Å². The van der Waals surface area contributed by atoms with E-state index in [4.69, 9.17) is 9.47 Å². The third-order valence-electron chi connectivity index (χ3n) is 3.79. The van der Waals surface area contributed by atoms with Crippen molar-refractivity contribution in [2.45, 2.75) is 13.5 Å². The summed E-state index contributed by atoms with van der Waals surface area (Å²) in [5.74, 6) is 0.400. The number of rotatable bonds is 8. The summed E-state index contributed by atoms with van der Waals surface area (Å²) >= 11 is 0. The number of hydrogen-bond acceptors (Lipinski definition) is 4. The van der Waals surface area contributed by atoms with Gasteiger partial charge in [0.25, 0.3) is 5.91 Å². The molecule has 0 atom stereocenters. The predicted octanol–water partition coefficient (Wildman–Crippen LogP) is 3.11. The number of halogens is 1. The van der Waals surface area contributed by atoms with Gasteiger partial charge in [-0.25, -0.2) is 9.37 Å². The van der Waals surface area contributed by atoms with E-state index in [2.05, 4.69) is 10.3 Å². The first-order chi connectivity index (χ1) is 13.2. The van der Waals surface area contributed by atoms with Crippen molar-refractivity contribution in [2.24, 2.45) is 0 Å². The average Bonchev–Trinajstić information content (AvgIpc) is 3.20. The SMILES string of the molecule is CCOc1ccccc1OCC(=O)NCc1ccc(-n2ccnc2)c(F)c1. The van der Waals surface area contributed by atoms with Crippen molar-refractivity contribution in [3.63, 3.8) is 0 Å². The van der Waals surface area contributed by atoms with Crippen LogP contribution in [0.4, 0.5) is 4.39 Å². The van der Waals surface area contributed by atoms with Crippen molar-refractivity contribution in [3.05, 3.63) is 72.6 Å². The summed E-state index contributed by atoms with van der Waals surface area (Å²) in [5.41, 5.74) is 1.05. The highest BCUT2D eigenvalue weighted by molar-refractivity contribution is 5.77. The van der Waals surface area contributed by atoms with E-state index in [-0.39, 0.29) is 24.9 Å². The zero-order valence-corrected chi connectivity index (χ0v) is 14.9. The normalized spacial score (nSPS) is 10.4. The molecule has 0 aliphatic carbocycles. The summed E-state index contributed by atoms with van der Waals surface area (Å²) in [6, 6.07) is 11.9. The van der Waals surface area contributed by atoms with Crippen molar-refractivity contribution in [1.82, 2.24) is 14.9 Å². The largest absolute Gasteiger partial charge is 0.490 e. The van der Waals surface area contributed by atoms with Crippen LogP contribution in [0.25, 0.3) is 5.69 Å². The van der Waals surface area contributed by atoms with E-state index < -0.39 is 0 Å². The highest BCUT2D eigenvalue weighted by Gasteiger charge is 2.09. The van der Waals surface area contributed by atoms with Crippen molar-refractivity contribution in [1.29, 1.82) is 0 Å². The van der Waals surface area contributed by atoms with E-state index in [9.17, 15) is 9.18 Å². The summed E-state index contributed by atoms with van der Waals surface area (Å²) in [7, 11) is 0. The molecule has 0 fully saturated rings. The highest BCUT2D eigenvalue weighted by atomic mass is 19.1. The molecule has 6 nitrogen and oxygen atoms in total. The minimum Gasteiger partial charge on any atom is -0.490 e. The fourth-order valence-electron chi connectivity index (χ4n) is 2.51. The number of nitrogens with zero attached hydrogens (tertiary/aromatic N) is 2. The summed E-state index contributed by atoms with van der Waals surface area (Å²) in [5, 5.41) is 2.71. The first-order valence-electron chi connectivity index (χ1n) is 8.55. The maximum atomic E-state index is 14.2. The molecule has 7 heteroatoms. The Morgan fingerprint density at radius 3 is 2.63 bits per heavy atom. The van der Waals surface area contributed by atoms with Crippen LogP contribution in [-0.4, -0.2) is 28.7 Å². The number of para-hydroxylation sites is 2. The smallest absolute Gasteiger partial charge is 0.258 e. The standard InChI is InChI=1S/C20H20FN3O3/c1-2-26-18-5-3-4-6-19(18)27-13-20(25)23-12-15-7-8-17(16(21)11-15)24-10-9-22-14-24/h3-11,14H,2,12-13H2,1H3,(H,23,25). The second-order valence-corrected chi connectivity index (χ2v) is 5.70. The molecule has 0 aliphatic rings. The van der Waals surface area contributed by atoms with Gasteiger partial charge in [-0.1, -0.05) is 18.2 Å². The van der Waals surface area contributed by atoms with Crippen LogP contribution < -0.4 is 14.8 Å². The summed E-state index contributed by atoms with van der Waals surface area (Å²) in [4.78, 5) is 15.9. The minimum absolute atomic E-state index is 0.153. The number of ether oxygens (including phenoxy) is 2. The molecule has 0 aliphatic heterocycles. The van der Waals surface area contributed by atoms with Crippen LogP contribution in [0.2, 0.25) is 0 Å². The Labute approximate surface area is 156 Å². The zero-order valence-electron chi connectivity index (χ0n) is 14.9. The minimum atomic E-state index is -0.387. The van der Waals surface area contributed by atoms with Crippen molar-refractivity contribution < 1.29 is 18.7 Å². The third kappa shape index (κ3) is 4.84. The van der Waals surface area contributed by atoms with Crippen LogP contribution in [0.5, 0.6) is 11.5 Å². The second kappa shape index (κ2) is 8.84. The second-order valence-electron chi connectivity index (χ2n) is 5.70. The topological polar surface area (TPSA) is 65.4 Å². The number of carbonyl (C=O) groups is 1. The molecule has 140 valence electrons. The van der Waals surface area contributed by atoms with Crippen LogP contribution in [0.1, 0.15) is 12.5 Å². The monoisotopic (exact) mass is 369 g/mol. The molecule has 1 heterocycles. The summed E-state index contributed by atoms with van der Waals surface area (Å²) in [6.45, 7) is 2.43. The molecule has 3 rings (SSSR count). The molecule has 0 bridgehead atoms. The lowest BCUT2D eigenvalue weighted by Crippen LogP contribution is -2.28. The molecule has 0 saturated heterocycles. The Hall–Kier alpha value is -3.35. The number of amides is 1. The molecule has 1 N–H and O–H groups in total. The van der Waals surface area contributed by atoms with Gasteiger partial charge in [-0.05, 0) is 36.8 Å². The number of benzene rings is 2. The van der Waals surface area contributed by atoms with Crippen LogP contribution >= 0.6 is 0 Å². The Bertz CT molecular complexity index is 897. The lowest BCUT2D eigenvalue weighted by atomic mass is 10.2. The number of hydrogen-bond donors (Lipinski definition) is 1. The Morgan fingerprint density at radius 2 is 1.96 bits per heavy atom. The van der Waals surface area contributed by atoms with Gasteiger partial charge in [-0.3, -0.25) is 4.79 Å². The maximum Gasteiger partial charge on any atom is 0.258 e. The highest BCUT2D eigenvalue weighted by Crippen LogP contribution is 2.26. The van der Waals surface area contributed by atoms with Crippen LogP contribution in [0, 0.1) is 5.82 Å². The van der Waals surface area contributed by atoms with E-state index in [1.54, 1.807) is 47.3 Å². The average molecular weight is 369 g/mol. The van der Waals surface area contributed by atoms with Gasteiger partial charge in [0.05, 0.1) is 18.6 Å². The van der Waals surface area contributed by atoms with Gasteiger partial charge in [0.1, 0.15) is 5.82 Å². The van der Waals surface area contributed by atoms with Gasteiger partial charge in [-0.15, -0.1) is 0 Å². The van der Waals surface area contributed by atoms with Crippen LogP contribution in [0.15, 0.2) is 61.2 Å². The molecule has 0 spiro atoms. The Morgan fingerprint density at radius 1 is 1.19 bits per heavy atom. The molecule has 0 unspecified atom stereocenters. The maximum absolute atomic E-state index is 14.2. The fraction of sp³-hybridized carbons (Fsp3) is 0.200. The van der Waals surface area contributed by atoms with Gasteiger partial charge in [-0.2, -0.15) is 0 Å². The first kappa shape index (κ1) is 18.4. The summed E-state index contributed by atoms with van der Waals surface area (Å²) < 4.78 is 26.8. The number of imidazole rings is 1. The molecule has 2 aromatic carbocycles. The molecule has 27 heavy (non-hydrogen) atoms. The van der Waals surface area contributed by atoms with E-state index in [0.29, 0.717) is 29.4 Å². The van der Waals surface area contributed by atoms with E-state index in [1.165, 1.54) is 12.4 Å². The van der Waals surface area contributed by atoms with Gasteiger partial charge >= 0.3 is 0 Å². The van der Waals surface area contributed by atoms with Gasteiger partial charge < -0.3 is 19.4 Å². The van der Waals surface area contributed by atoms with E-state index in [0.717, 1.165) is 0 Å². The molecular formula is C20H20FN3O3.